The third kappa shape index (κ3) is 2.75. The smallest absolute Gasteiger partial charge is 0.139 e. The fourth-order valence-electron chi connectivity index (χ4n) is 2.29. The second kappa shape index (κ2) is 5.79. The molecule has 1 aliphatic rings. The Labute approximate surface area is 128 Å². The molecule has 0 unspecified atom stereocenters. The minimum atomic E-state index is 0.475. The average Bonchev–Trinajstić information content (AvgIpc) is 2.83. The van der Waals surface area contributed by atoms with Crippen LogP contribution in [0.25, 0.3) is 0 Å². The van der Waals surface area contributed by atoms with E-state index < -0.39 is 0 Å². The van der Waals surface area contributed by atoms with Crippen LogP contribution in [0.15, 0.2) is 40.3 Å². The molecule has 108 valence electrons. The standard InChI is InChI=1S/C16H18N4S/c1-3-12-8-13-15(11-6-4-10(2)5-7-11)18-9-14(20-17)19-16(13)21-12/h4-8H,3,9,17H2,1-2H3,(H,19,20). The van der Waals surface area contributed by atoms with Crippen molar-refractivity contribution in [2.24, 2.45) is 15.8 Å². The zero-order valence-corrected chi connectivity index (χ0v) is 13.0. The van der Waals surface area contributed by atoms with Gasteiger partial charge in [0.2, 0.25) is 0 Å². The van der Waals surface area contributed by atoms with Crippen molar-refractivity contribution in [1.29, 1.82) is 0 Å². The maximum absolute atomic E-state index is 5.53. The summed E-state index contributed by atoms with van der Waals surface area (Å²) in [6, 6.07) is 10.6. The molecule has 0 saturated heterocycles. The second-order valence-corrected chi connectivity index (χ2v) is 6.13. The first-order valence-electron chi connectivity index (χ1n) is 7.00. The number of hydrogen-bond donors (Lipinski definition) is 2. The number of nitrogens with zero attached hydrogens (tertiary/aromatic N) is 2. The van der Waals surface area contributed by atoms with Crippen LogP contribution in [0.4, 0.5) is 5.00 Å². The lowest BCUT2D eigenvalue weighted by molar-refractivity contribution is 0.993. The first-order chi connectivity index (χ1) is 10.2. The Morgan fingerprint density at radius 1 is 1.29 bits per heavy atom. The van der Waals surface area contributed by atoms with Crippen LogP contribution in [0.1, 0.15) is 28.5 Å². The first-order valence-corrected chi connectivity index (χ1v) is 7.81. The number of hydrogen-bond acceptors (Lipinski definition) is 5. The molecule has 1 aliphatic heterocycles. The van der Waals surface area contributed by atoms with Crippen molar-refractivity contribution < 1.29 is 0 Å². The summed E-state index contributed by atoms with van der Waals surface area (Å²) in [7, 11) is 0. The van der Waals surface area contributed by atoms with Gasteiger partial charge in [0.25, 0.3) is 0 Å². The third-order valence-corrected chi connectivity index (χ3v) is 4.66. The van der Waals surface area contributed by atoms with E-state index in [-0.39, 0.29) is 0 Å². The zero-order valence-electron chi connectivity index (χ0n) is 12.2. The lowest BCUT2D eigenvalue weighted by atomic mass is 10.0. The van der Waals surface area contributed by atoms with Crippen molar-refractivity contribution in [3.8, 4) is 0 Å². The van der Waals surface area contributed by atoms with E-state index in [1.54, 1.807) is 11.3 Å². The molecular formula is C16H18N4S. The van der Waals surface area contributed by atoms with E-state index in [9.17, 15) is 0 Å². The van der Waals surface area contributed by atoms with Crippen molar-refractivity contribution in [3.05, 3.63) is 51.9 Å². The van der Waals surface area contributed by atoms with Crippen LogP contribution in [0.2, 0.25) is 0 Å². The van der Waals surface area contributed by atoms with Gasteiger partial charge in [-0.05, 0) is 19.4 Å². The molecule has 1 aromatic heterocycles. The summed E-state index contributed by atoms with van der Waals surface area (Å²) in [4.78, 5) is 10.6. The highest BCUT2D eigenvalue weighted by Gasteiger charge is 2.18. The normalized spacial score (nSPS) is 14.0. The van der Waals surface area contributed by atoms with Gasteiger partial charge in [-0.2, -0.15) is 0 Å². The Balaban J connectivity index is 2.12. The summed E-state index contributed by atoms with van der Waals surface area (Å²) in [5.74, 6) is 6.22. The molecule has 21 heavy (non-hydrogen) atoms. The van der Waals surface area contributed by atoms with E-state index in [4.69, 9.17) is 10.8 Å². The van der Waals surface area contributed by atoms with Crippen LogP contribution in [-0.2, 0) is 6.42 Å². The molecule has 3 rings (SSSR count). The van der Waals surface area contributed by atoms with Crippen molar-refractivity contribution in [1.82, 2.24) is 5.43 Å². The van der Waals surface area contributed by atoms with Gasteiger partial charge in [0.05, 0.1) is 12.3 Å². The number of hydrazine groups is 1. The summed E-state index contributed by atoms with van der Waals surface area (Å²) in [5.41, 5.74) is 7.11. The second-order valence-electron chi connectivity index (χ2n) is 5.02. The lowest BCUT2D eigenvalue weighted by Gasteiger charge is -2.05. The van der Waals surface area contributed by atoms with Crippen molar-refractivity contribution in [2.75, 3.05) is 6.54 Å². The fraction of sp³-hybridized carbons (Fsp3) is 0.250. The molecule has 0 amide bonds. The van der Waals surface area contributed by atoms with Crippen LogP contribution < -0.4 is 11.3 Å². The van der Waals surface area contributed by atoms with Gasteiger partial charge < -0.3 is 5.43 Å². The molecule has 3 N–H and O–H groups in total. The van der Waals surface area contributed by atoms with Gasteiger partial charge in [0, 0.05) is 16.0 Å². The molecule has 2 heterocycles. The SMILES string of the molecule is CCc1cc2c(s1)N=C(NN)CN=C2c1ccc(C)cc1. The molecule has 0 atom stereocenters. The van der Waals surface area contributed by atoms with E-state index in [1.807, 2.05) is 0 Å². The number of aryl methyl sites for hydroxylation is 2. The van der Waals surface area contributed by atoms with E-state index in [0.29, 0.717) is 12.4 Å². The lowest BCUT2D eigenvalue weighted by Crippen LogP contribution is -2.32. The minimum absolute atomic E-state index is 0.475. The third-order valence-electron chi connectivity index (χ3n) is 3.48. The summed E-state index contributed by atoms with van der Waals surface area (Å²) in [6.07, 6.45) is 1.000. The maximum atomic E-state index is 5.53. The summed E-state index contributed by atoms with van der Waals surface area (Å²) in [5, 5.41) is 0.983. The van der Waals surface area contributed by atoms with Gasteiger partial charge in [-0.3, -0.25) is 4.99 Å². The number of amidine groups is 1. The molecule has 4 nitrogen and oxygen atoms in total. The monoisotopic (exact) mass is 298 g/mol. The summed E-state index contributed by atoms with van der Waals surface area (Å²) < 4.78 is 0. The number of fused-ring (bicyclic) bond motifs is 1. The van der Waals surface area contributed by atoms with Gasteiger partial charge in [-0.15, -0.1) is 11.3 Å². The van der Waals surface area contributed by atoms with E-state index in [2.05, 4.69) is 54.6 Å². The summed E-state index contributed by atoms with van der Waals surface area (Å²) in [6.45, 7) is 4.71. The van der Waals surface area contributed by atoms with Crippen molar-refractivity contribution in [3.63, 3.8) is 0 Å². The Morgan fingerprint density at radius 2 is 2.05 bits per heavy atom. The molecule has 0 radical (unpaired) electrons. The highest BCUT2D eigenvalue weighted by Crippen LogP contribution is 2.34. The molecule has 2 aromatic rings. The molecule has 0 aliphatic carbocycles. The first kappa shape index (κ1) is 14.0. The van der Waals surface area contributed by atoms with E-state index in [1.165, 1.54) is 10.4 Å². The summed E-state index contributed by atoms with van der Waals surface area (Å²) >= 11 is 1.71. The minimum Gasteiger partial charge on any atom is -0.310 e. The van der Waals surface area contributed by atoms with Gasteiger partial charge in [-0.1, -0.05) is 36.8 Å². The predicted octanol–water partition coefficient (Wildman–Crippen LogP) is 2.96. The molecule has 0 fully saturated rings. The van der Waals surface area contributed by atoms with Crippen LogP contribution >= 0.6 is 11.3 Å². The van der Waals surface area contributed by atoms with Crippen molar-refractivity contribution in [2.45, 2.75) is 20.3 Å². The highest BCUT2D eigenvalue weighted by atomic mass is 32.1. The fourth-order valence-corrected chi connectivity index (χ4v) is 3.28. The molecule has 0 saturated carbocycles. The van der Waals surface area contributed by atoms with Crippen LogP contribution in [-0.4, -0.2) is 18.1 Å². The van der Waals surface area contributed by atoms with E-state index in [0.717, 1.165) is 28.3 Å². The molecular weight excluding hydrogens is 280 g/mol. The maximum Gasteiger partial charge on any atom is 0.139 e. The quantitative estimate of drug-likeness (QED) is 0.661. The Morgan fingerprint density at radius 3 is 2.71 bits per heavy atom. The van der Waals surface area contributed by atoms with Crippen LogP contribution in [0, 0.1) is 6.92 Å². The molecule has 1 aromatic carbocycles. The number of nitrogens with two attached hydrogens (primary N) is 1. The van der Waals surface area contributed by atoms with Gasteiger partial charge in [0.1, 0.15) is 10.8 Å². The number of thiophene rings is 1. The number of rotatable bonds is 2. The number of benzene rings is 1. The van der Waals surface area contributed by atoms with Crippen LogP contribution in [0.5, 0.6) is 0 Å². The topological polar surface area (TPSA) is 62.8 Å². The molecule has 5 heteroatoms. The number of aliphatic imine (C=N–C) groups is 2. The van der Waals surface area contributed by atoms with Gasteiger partial charge in [-0.25, -0.2) is 10.8 Å². The zero-order chi connectivity index (χ0) is 14.8. The Kier molecular flexibility index (Phi) is 3.86. The van der Waals surface area contributed by atoms with Crippen molar-refractivity contribution >= 4 is 27.9 Å². The van der Waals surface area contributed by atoms with Gasteiger partial charge >= 0.3 is 0 Å². The molecule has 0 bridgehead atoms. The largest absolute Gasteiger partial charge is 0.310 e. The van der Waals surface area contributed by atoms with Gasteiger partial charge in [0.15, 0.2) is 0 Å². The molecule has 0 spiro atoms. The highest BCUT2D eigenvalue weighted by molar-refractivity contribution is 7.16. The number of nitrogens with one attached hydrogen (secondary N) is 1. The van der Waals surface area contributed by atoms with Crippen LogP contribution in [0.3, 0.4) is 0 Å². The Bertz CT molecular complexity index is 710. The van der Waals surface area contributed by atoms with E-state index >= 15 is 0 Å². The average molecular weight is 298 g/mol. The Hall–Kier alpha value is -1.98. The predicted molar refractivity (Wildman–Crippen MR) is 89.8 cm³/mol.